The van der Waals surface area contributed by atoms with Crippen molar-refractivity contribution >= 4 is 16.8 Å². The lowest BCUT2D eigenvalue weighted by molar-refractivity contribution is 0.0949. The van der Waals surface area contributed by atoms with Gasteiger partial charge in [0, 0.05) is 44.9 Å². The molecule has 0 radical (unpaired) electrons. The first kappa shape index (κ1) is 17.5. The van der Waals surface area contributed by atoms with Crippen molar-refractivity contribution in [1.29, 1.82) is 0 Å². The third-order valence-corrected chi connectivity index (χ3v) is 5.06. The Hall–Kier alpha value is -2.93. The fourth-order valence-corrected chi connectivity index (χ4v) is 3.62. The van der Waals surface area contributed by atoms with Gasteiger partial charge in [-0.25, -0.2) is 0 Å². The molecule has 3 aromatic rings. The number of aryl methyl sites for hydroxylation is 2. The van der Waals surface area contributed by atoms with Gasteiger partial charge in [-0.1, -0.05) is 18.2 Å². The highest BCUT2D eigenvalue weighted by Crippen LogP contribution is 2.26. The molecule has 27 heavy (non-hydrogen) atoms. The first-order valence-electron chi connectivity index (χ1n) is 9.01. The third-order valence-electron chi connectivity index (χ3n) is 5.06. The molecule has 1 aromatic carbocycles. The number of rotatable bonds is 4. The molecule has 0 saturated carbocycles. The average molecular weight is 366 g/mol. The first-order valence-corrected chi connectivity index (χ1v) is 9.01. The van der Waals surface area contributed by atoms with E-state index in [1.807, 2.05) is 30.3 Å². The summed E-state index contributed by atoms with van der Waals surface area (Å²) < 4.78 is 8.69. The van der Waals surface area contributed by atoms with Crippen LogP contribution in [-0.4, -0.2) is 33.5 Å². The van der Waals surface area contributed by atoms with Crippen molar-refractivity contribution in [2.75, 3.05) is 13.2 Å². The van der Waals surface area contributed by atoms with E-state index in [1.54, 1.807) is 29.5 Å². The molecule has 1 atom stereocenters. The van der Waals surface area contributed by atoms with Crippen LogP contribution in [0.4, 0.5) is 0 Å². The van der Waals surface area contributed by atoms with Crippen molar-refractivity contribution in [1.82, 2.24) is 19.7 Å². The minimum Gasteiger partial charge on any atom is -0.381 e. The van der Waals surface area contributed by atoms with E-state index in [9.17, 15) is 9.59 Å². The molecule has 1 fully saturated rings. The number of hydrogen-bond donors (Lipinski definition) is 1. The molecule has 7 heteroatoms. The van der Waals surface area contributed by atoms with Crippen LogP contribution in [0.3, 0.4) is 0 Å². The summed E-state index contributed by atoms with van der Waals surface area (Å²) in [6, 6.07) is 9.54. The summed E-state index contributed by atoms with van der Waals surface area (Å²) in [6.45, 7) is 1.45. The van der Waals surface area contributed by atoms with Crippen molar-refractivity contribution in [3.05, 3.63) is 63.7 Å². The molecule has 4 rings (SSSR count). The van der Waals surface area contributed by atoms with Crippen LogP contribution in [0.5, 0.6) is 0 Å². The van der Waals surface area contributed by atoms with E-state index in [1.165, 1.54) is 0 Å². The molecule has 1 saturated heterocycles. The molecule has 0 spiro atoms. The Kier molecular flexibility index (Phi) is 4.53. The second kappa shape index (κ2) is 7.00. The van der Waals surface area contributed by atoms with Crippen LogP contribution in [0.1, 0.15) is 34.0 Å². The van der Waals surface area contributed by atoms with Crippen molar-refractivity contribution < 1.29 is 9.53 Å². The Morgan fingerprint density at radius 3 is 2.93 bits per heavy atom. The van der Waals surface area contributed by atoms with E-state index in [4.69, 9.17) is 4.74 Å². The number of carbonyl (C=O) groups is 1. The molecule has 1 unspecified atom stereocenters. The van der Waals surface area contributed by atoms with Gasteiger partial charge >= 0.3 is 0 Å². The summed E-state index contributed by atoms with van der Waals surface area (Å²) in [5.74, 6) is -0.0827. The van der Waals surface area contributed by atoms with Gasteiger partial charge in [-0.15, -0.1) is 0 Å². The van der Waals surface area contributed by atoms with Gasteiger partial charge in [-0.3, -0.25) is 14.3 Å². The Morgan fingerprint density at radius 2 is 2.15 bits per heavy atom. The number of amides is 1. The SMILES string of the molecule is Cn1cc(C(=O)NCc2cc3ccccc3n(C)c2=O)c(C2CCOC2)n1. The molecule has 3 heterocycles. The minimum atomic E-state index is -0.222. The van der Waals surface area contributed by atoms with Gasteiger partial charge in [0.25, 0.3) is 11.5 Å². The smallest absolute Gasteiger partial charge is 0.255 e. The first-order chi connectivity index (χ1) is 13.0. The number of fused-ring (bicyclic) bond motifs is 1. The molecule has 1 N–H and O–H groups in total. The predicted octanol–water partition coefficient (Wildman–Crippen LogP) is 1.71. The number of carbonyl (C=O) groups excluding carboxylic acids is 1. The summed E-state index contributed by atoms with van der Waals surface area (Å²) in [5.41, 5.74) is 2.63. The van der Waals surface area contributed by atoms with E-state index in [0.717, 1.165) is 23.0 Å². The zero-order chi connectivity index (χ0) is 19.0. The monoisotopic (exact) mass is 366 g/mol. The van der Waals surface area contributed by atoms with E-state index in [2.05, 4.69) is 10.4 Å². The van der Waals surface area contributed by atoms with Crippen LogP contribution in [-0.2, 0) is 25.4 Å². The molecular formula is C20H22N4O3. The maximum atomic E-state index is 12.8. The molecule has 0 bridgehead atoms. The van der Waals surface area contributed by atoms with Crippen molar-refractivity contribution in [3.63, 3.8) is 0 Å². The summed E-state index contributed by atoms with van der Waals surface area (Å²) in [7, 11) is 3.55. The van der Waals surface area contributed by atoms with Crippen LogP contribution in [0.15, 0.2) is 41.3 Å². The fourth-order valence-electron chi connectivity index (χ4n) is 3.62. The van der Waals surface area contributed by atoms with Gasteiger partial charge in [-0.05, 0) is 23.9 Å². The van der Waals surface area contributed by atoms with E-state index in [-0.39, 0.29) is 23.9 Å². The van der Waals surface area contributed by atoms with Crippen LogP contribution < -0.4 is 10.9 Å². The Morgan fingerprint density at radius 1 is 1.33 bits per heavy atom. The van der Waals surface area contributed by atoms with Crippen molar-refractivity contribution in [3.8, 4) is 0 Å². The third kappa shape index (κ3) is 3.26. The lowest BCUT2D eigenvalue weighted by Crippen LogP contribution is -2.29. The molecular weight excluding hydrogens is 344 g/mol. The van der Waals surface area contributed by atoms with E-state index >= 15 is 0 Å². The minimum absolute atomic E-state index is 0.107. The second-order valence-corrected chi connectivity index (χ2v) is 6.94. The molecule has 2 aromatic heterocycles. The van der Waals surface area contributed by atoms with Gasteiger partial charge in [0.1, 0.15) is 0 Å². The Bertz CT molecular complexity index is 1060. The quantitative estimate of drug-likeness (QED) is 0.762. The van der Waals surface area contributed by atoms with Crippen molar-refractivity contribution in [2.45, 2.75) is 18.9 Å². The zero-order valence-electron chi connectivity index (χ0n) is 15.4. The lowest BCUT2D eigenvalue weighted by atomic mass is 10.0. The van der Waals surface area contributed by atoms with Crippen LogP contribution >= 0.6 is 0 Å². The maximum Gasteiger partial charge on any atom is 0.255 e. The predicted molar refractivity (Wildman–Crippen MR) is 102 cm³/mol. The van der Waals surface area contributed by atoms with Gasteiger partial charge < -0.3 is 14.6 Å². The molecule has 1 aliphatic rings. The summed E-state index contributed by atoms with van der Waals surface area (Å²) >= 11 is 0. The number of pyridine rings is 1. The normalized spacial score (nSPS) is 16.7. The summed E-state index contributed by atoms with van der Waals surface area (Å²) in [5, 5.41) is 8.30. The standard InChI is InChI=1S/C20H22N4O3/c1-23-11-16(18(22-23)14-7-8-27-12-14)19(25)21-10-15-9-13-5-3-4-6-17(13)24(2)20(15)26/h3-6,9,11,14H,7-8,10,12H2,1-2H3,(H,21,25). The molecule has 1 amide bonds. The summed E-state index contributed by atoms with van der Waals surface area (Å²) in [4.78, 5) is 25.3. The number of para-hydroxylation sites is 1. The summed E-state index contributed by atoms with van der Waals surface area (Å²) in [6.07, 6.45) is 2.59. The Labute approximate surface area is 156 Å². The molecule has 7 nitrogen and oxygen atoms in total. The maximum absolute atomic E-state index is 12.8. The highest BCUT2D eigenvalue weighted by atomic mass is 16.5. The number of aromatic nitrogens is 3. The second-order valence-electron chi connectivity index (χ2n) is 6.94. The van der Waals surface area contributed by atoms with Gasteiger partial charge in [0.15, 0.2) is 0 Å². The molecule has 140 valence electrons. The molecule has 1 aliphatic heterocycles. The number of nitrogens with zero attached hydrogens (tertiary/aromatic N) is 3. The van der Waals surface area contributed by atoms with Crippen LogP contribution in [0, 0.1) is 0 Å². The van der Waals surface area contributed by atoms with Gasteiger partial charge in [0.2, 0.25) is 0 Å². The topological polar surface area (TPSA) is 78.2 Å². The van der Waals surface area contributed by atoms with E-state index in [0.29, 0.717) is 24.3 Å². The van der Waals surface area contributed by atoms with Crippen LogP contribution in [0.25, 0.3) is 10.9 Å². The van der Waals surface area contributed by atoms with Gasteiger partial charge in [-0.2, -0.15) is 5.10 Å². The van der Waals surface area contributed by atoms with Gasteiger partial charge in [0.05, 0.1) is 23.4 Å². The fraction of sp³-hybridized carbons (Fsp3) is 0.350. The average Bonchev–Trinajstić information content (AvgIpc) is 3.32. The number of ether oxygens (including phenoxy) is 1. The number of nitrogens with one attached hydrogen (secondary N) is 1. The zero-order valence-corrected chi connectivity index (χ0v) is 15.4. The Balaban J connectivity index is 1.58. The lowest BCUT2D eigenvalue weighted by Gasteiger charge is -2.10. The van der Waals surface area contributed by atoms with Crippen LogP contribution in [0.2, 0.25) is 0 Å². The number of hydrogen-bond acceptors (Lipinski definition) is 4. The number of benzene rings is 1. The highest BCUT2D eigenvalue weighted by molar-refractivity contribution is 5.95. The van der Waals surface area contributed by atoms with Crippen molar-refractivity contribution in [2.24, 2.45) is 14.1 Å². The highest BCUT2D eigenvalue weighted by Gasteiger charge is 2.26. The largest absolute Gasteiger partial charge is 0.381 e. The van der Waals surface area contributed by atoms with E-state index < -0.39 is 0 Å². The molecule has 0 aliphatic carbocycles.